The quantitative estimate of drug-likeness (QED) is 0.872. The molecule has 1 rings (SSSR count). The SMILES string of the molecule is CCC(C)CN(C)C(=O)CC(O)(c1nccn1C)C(F)(F)F. The van der Waals surface area contributed by atoms with E-state index in [2.05, 4.69) is 4.98 Å². The minimum absolute atomic E-state index is 0.168. The van der Waals surface area contributed by atoms with Gasteiger partial charge in [-0.15, -0.1) is 0 Å². The second kappa shape index (κ2) is 6.68. The highest BCUT2D eigenvalue weighted by atomic mass is 19.4. The molecule has 0 spiro atoms. The Morgan fingerprint density at radius 2 is 2.09 bits per heavy atom. The van der Waals surface area contributed by atoms with Crippen LogP contribution in [0.4, 0.5) is 13.2 Å². The van der Waals surface area contributed by atoms with Gasteiger partial charge in [0.25, 0.3) is 0 Å². The first kappa shape index (κ1) is 18.5. The van der Waals surface area contributed by atoms with Crippen LogP contribution < -0.4 is 0 Å². The van der Waals surface area contributed by atoms with Crippen molar-refractivity contribution >= 4 is 5.91 Å². The summed E-state index contributed by atoms with van der Waals surface area (Å²) in [6, 6.07) is 0. The monoisotopic (exact) mass is 321 g/mol. The molecule has 1 amide bonds. The van der Waals surface area contributed by atoms with E-state index in [1.54, 1.807) is 0 Å². The van der Waals surface area contributed by atoms with E-state index in [1.807, 2.05) is 13.8 Å². The van der Waals surface area contributed by atoms with Gasteiger partial charge in [0.05, 0.1) is 6.42 Å². The van der Waals surface area contributed by atoms with Crippen LogP contribution in [0.5, 0.6) is 0 Å². The number of amides is 1. The van der Waals surface area contributed by atoms with E-state index in [1.165, 1.54) is 25.2 Å². The van der Waals surface area contributed by atoms with Crippen LogP contribution in [0.1, 0.15) is 32.5 Å². The van der Waals surface area contributed by atoms with E-state index < -0.39 is 29.9 Å². The normalized spacial score (nSPS) is 16.2. The van der Waals surface area contributed by atoms with Crippen molar-refractivity contribution in [2.75, 3.05) is 13.6 Å². The minimum Gasteiger partial charge on any atom is -0.374 e. The highest BCUT2D eigenvalue weighted by Crippen LogP contribution is 2.41. The fourth-order valence-corrected chi connectivity index (χ4v) is 2.12. The van der Waals surface area contributed by atoms with Crippen LogP contribution in [-0.2, 0) is 17.4 Å². The Bertz CT molecular complexity index is 516. The second-order valence-electron chi connectivity index (χ2n) is 5.68. The highest BCUT2D eigenvalue weighted by Gasteiger charge is 2.58. The summed E-state index contributed by atoms with van der Waals surface area (Å²) in [4.78, 5) is 16.9. The number of aliphatic hydroxyl groups is 1. The van der Waals surface area contributed by atoms with Gasteiger partial charge in [0.1, 0.15) is 0 Å². The van der Waals surface area contributed by atoms with Gasteiger partial charge in [0.15, 0.2) is 5.82 Å². The molecule has 1 heterocycles. The summed E-state index contributed by atoms with van der Waals surface area (Å²) in [5, 5.41) is 10.1. The molecule has 0 aromatic carbocycles. The maximum Gasteiger partial charge on any atom is 0.425 e. The number of halogens is 3. The Morgan fingerprint density at radius 3 is 2.50 bits per heavy atom. The number of aryl methyl sites for hydroxylation is 1. The number of nitrogens with zero attached hydrogens (tertiary/aromatic N) is 3. The minimum atomic E-state index is -5.00. The lowest BCUT2D eigenvalue weighted by molar-refractivity contribution is -0.271. The molecule has 8 heteroatoms. The molecule has 0 fully saturated rings. The average molecular weight is 321 g/mol. The standard InChI is InChI=1S/C14H22F3N3O2/c1-5-10(2)9-20(4)11(21)8-13(22,14(15,16)17)12-18-6-7-19(12)3/h6-7,10,22H,5,8-9H2,1-4H3. The lowest BCUT2D eigenvalue weighted by Gasteiger charge is -2.31. The topological polar surface area (TPSA) is 58.4 Å². The van der Waals surface area contributed by atoms with Crippen LogP contribution in [0, 0.1) is 5.92 Å². The largest absolute Gasteiger partial charge is 0.425 e. The molecular weight excluding hydrogens is 299 g/mol. The molecule has 22 heavy (non-hydrogen) atoms. The molecule has 0 saturated heterocycles. The third-order valence-electron chi connectivity index (χ3n) is 3.78. The van der Waals surface area contributed by atoms with Crippen LogP contribution in [0.3, 0.4) is 0 Å². The van der Waals surface area contributed by atoms with Gasteiger partial charge in [-0.25, -0.2) is 4.98 Å². The first-order chi connectivity index (χ1) is 10.0. The number of hydrogen-bond donors (Lipinski definition) is 1. The molecule has 0 bridgehead atoms. The zero-order chi connectivity index (χ0) is 17.1. The van der Waals surface area contributed by atoms with Gasteiger partial charge in [0, 0.05) is 33.0 Å². The third-order valence-corrected chi connectivity index (χ3v) is 3.78. The maximum atomic E-state index is 13.3. The molecule has 5 nitrogen and oxygen atoms in total. The summed E-state index contributed by atoms with van der Waals surface area (Å²) in [6.07, 6.45) is -2.84. The first-order valence-corrected chi connectivity index (χ1v) is 7.03. The van der Waals surface area contributed by atoms with Crippen molar-refractivity contribution in [2.24, 2.45) is 13.0 Å². The third kappa shape index (κ3) is 3.79. The number of rotatable bonds is 6. The van der Waals surface area contributed by atoms with Crippen molar-refractivity contribution in [3.63, 3.8) is 0 Å². The van der Waals surface area contributed by atoms with Crippen molar-refractivity contribution in [3.05, 3.63) is 18.2 Å². The summed E-state index contributed by atoms with van der Waals surface area (Å²) >= 11 is 0. The average Bonchev–Trinajstić information content (AvgIpc) is 2.83. The molecule has 0 aliphatic rings. The summed E-state index contributed by atoms with van der Waals surface area (Å²) in [6.45, 7) is 4.17. The van der Waals surface area contributed by atoms with Crippen LogP contribution in [0.15, 0.2) is 12.4 Å². The zero-order valence-electron chi connectivity index (χ0n) is 13.2. The molecule has 0 radical (unpaired) electrons. The van der Waals surface area contributed by atoms with Gasteiger partial charge in [-0.2, -0.15) is 13.2 Å². The fraction of sp³-hybridized carbons (Fsp3) is 0.714. The first-order valence-electron chi connectivity index (χ1n) is 7.03. The van der Waals surface area contributed by atoms with Crippen LogP contribution in [0.25, 0.3) is 0 Å². The van der Waals surface area contributed by atoms with E-state index in [-0.39, 0.29) is 5.92 Å². The number of alkyl halides is 3. The molecule has 2 unspecified atom stereocenters. The van der Waals surface area contributed by atoms with Gasteiger partial charge < -0.3 is 14.6 Å². The molecule has 1 aromatic rings. The fourth-order valence-electron chi connectivity index (χ4n) is 2.12. The summed E-state index contributed by atoms with van der Waals surface area (Å²) in [5.74, 6) is -1.20. The Balaban J connectivity index is 3.02. The predicted octanol–water partition coefficient (Wildman–Crippen LogP) is 2.06. The van der Waals surface area contributed by atoms with Gasteiger partial charge in [0.2, 0.25) is 11.5 Å². The van der Waals surface area contributed by atoms with Crippen molar-refractivity contribution in [3.8, 4) is 0 Å². The van der Waals surface area contributed by atoms with Crippen molar-refractivity contribution in [1.82, 2.24) is 14.5 Å². The van der Waals surface area contributed by atoms with Crippen molar-refractivity contribution in [2.45, 2.75) is 38.5 Å². The number of carbonyl (C=O) groups excluding carboxylic acids is 1. The smallest absolute Gasteiger partial charge is 0.374 e. The van der Waals surface area contributed by atoms with E-state index in [4.69, 9.17) is 0 Å². The highest BCUT2D eigenvalue weighted by molar-refractivity contribution is 5.77. The lowest BCUT2D eigenvalue weighted by atomic mass is 9.96. The zero-order valence-corrected chi connectivity index (χ0v) is 13.2. The number of hydrogen-bond acceptors (Lipinski definition) is 3. The predicted molar refractivity (Wildman–Crippen MR) is 74.9 cm³/mol. The van der Waals surface area contributed by atoms with Gasteiger partial charge in [-0.05, 0) is 5.92 Å². The van der Waals surface area contributed by atoms with Gasteiger partial charge in [-0.1, -0.05) is 20.3 Å². The summed E-state index contributed by atoms with van der Waals surface area (Å²) in [7, 11) is 2.77. The van der Waals surface area contributed by atoms with E-state index in [0.29, 0.717) is 6.54 Å². The molecular formula is C14H22F3N3O2. The number of aromatic nitrogens is 2. The molecule has 126 valence electrons. The van der Waals surface area contributed by atoms with Crippen molar-refractivity contribution in [1.29, 1.82) is 0 Å². The van der Waals surface area contributed by atoms with Gasteiger partial charge >= 0.3 is 6.18 Å². The summed E-state index contributed by atoms with van der Waals surface area (Å²) < 4.78 is 41.0. The second-order valence-corrected chi connectivity index (χ2v) is 5.68. The Kier molecular flexibility index (Phi) is 5.61. The van der Waals surface area contributed by atoms with Crippen LogP contribution in [0.2, 0.25) is 0 Å². The molecule has 0 aliphatic carbocycles. The number of imidazole rings is 1. The Morgan fingerprint density at radius 1 is 1.50 bits per heavy atom. The van der Waals surface area contributed by atoms with E-state index >= 15 is 0 Å². The maximum absolute atomic E-state index is 13.3. The van der Waals surface area contributed by atoms with Crippen molar-refractivity contribution < 1.29 is 23.1 Å². The van der Waals surface area contributed by atoms with E-state index in [9.17, 15) is 23.1 Å². The number of carbonyl (C=O) groups is 1. The molecule has 1 aromatic heterocycles. The molecule has 2 atom stereocenters. The lowest BCUT2D eigenvalue weighted by Crippen LogP contribution is -2.48. The van der Waals surface area contributed by atoms with Crippen LogP contribution >= 0.6 is 0 Å². The van der Waals surface area contributed by atoms with E-state index in [0.717, 1.165) is 17.2 Å². The Hall–Kier alpha value is -1.57. The summed E-state index contributed by atoms with van der Waals surface area (Å²) in [5.41, 5.74) is -3.30. The van der Waals surface area contributed by atoms with Gasteiger partial charge in [-0.3, -0.25) is 4.79 Å². The van der Waals surface area contributed by atoms with Crippen LogP contribution in [-0.4, -0.2) is 45.2 Å². The molecule has 0 aliphatic heterocycles. The molecule has 0 saturated carbocycles. The Labute approximate surface area is 127 Å². The molecule has 1 N–H and O–H groups in total.